The van der Waals surface area contributed by atoms with Crippen molar-refractivity contribution in [3.05, 3.63) is 101 Å². The van der Waals surface area contributed by atoms with Crippen LogP contribution in [0.5, 0.6) is 0 Å². The molecule has 3 N–H and O–H groups in total. The summed E-state index contributed by atoms with van der Waals surface area (Å²) in [4.78, 5) is 33.0. The SMILES string of the molecule is CCc1ccc(Nc2ccc(C(=O)c3c[nH]c4ncnc(N[C@H](C)c5ccc(F)cc5)c34)c(F)n2)cn1. The van der Waals surface area contributed by atoms with Crippen molar-refractivity contribution in [3.63, 3.8) is 0 Å². The van der Waals surface area contributed by atoms with E-state index in [9.17, 15) is 9.18 Å². The number of pyridine rings is 2. The van der Waals surface area contributed by atoms with Crippen LogP contribution in [0.3, 0.4) is 0 Å². The number of carbonyl (C=O) groups is 1. The van der Waals surface area contributed by atoms with Crippen LogP contribution < -0.4 is 10.6 Å². The Hall–Kier alpha value is -4.73. The molecule has 37 heavy (non-hydrogen) atoms. The summed E-state index contributed by atoms with van der Waals surface area (Å²) in [6, 6.07) is 12.5. The van der Waals surface area contributed by atoms with Crippen molar-refractivity contribution in [1.82, 2.24) is 24.9 Å². The minimum absolute atomic E-state index is 0.188. The van der Waals surface area contributed by atoms with E-state index in [0.717, 1.165) is 17.7 Å². The van der Waals surface area contributed by atoms with Gasteiger partial charge in [0.05, 0.1) is 28.4 Å². The Morgan fingerprint density at radius 2 is 1.81 bits per heavy atom. The van der Waals surface area contributed by atoms with Gasteiger partial charge in [-0.3, -0.25) is 9.78 Å². The molecule has 0 unspecified atom stereocenters. The normalized spacial score (nSPS) is 11.9. The Balaban J connectivity index is 1.42. The molecule has 5 rings (SSSR count). The number of benzene rings is 1. The molecule has 0 aliphatic rings. The largest absolute Gasteiger partial charge is 0.363 e. The quantitative estimate of drug-likeness (QED) is 0.185. The first-order valence-electron chi connectivity index (χ1n) is 11.7. The van der Waals surface area contributed by atoms with Gasteiger partial charge in [0.2, 0.25) is 5.95 Å². The van der Waals surface area contributed by atoms with Crippen LogP contribution in [0.1, 0.15) is 47.1 Å². The molecule has 0 fully saturated rings. The van der Waals surface area contributed by atoms with Crippen LogP contribution in [0, 0.1) is 11.8 Å². The third-order valence-corrected chi connectivity index (χ3v) is 5.99. The number of fused-ring (bicyclic) bond motifs is 1. The second kappa shape index (κ2) is 10.1. The number of rotatable bonds is 8. The van der Waals surface area contributed by atoms with E-state index < -0.39 is 11.7 Å². The summed E-state index contributed by atoms with van der Waals surface area (Å²) in [5.41, 5.74) is 2.85. The molecule has 0 saturated carbocycles. The third-order valence-electron chi connectivity index (χ3n) is 5.99. The molecule has 186 valence electrons. The van der Waals surface area contributed by atoms with Gasteiger partial charge in [-0.2, -0.15) is 4.39 Å². The number of nitrogens with one attached hydrogen (secondary N) is 3. The fourth-order valence-corrected chi connectivity index (χ4v) is 3.97. The van der Waals surface area contributed by atoms with Gasteiger partial charge < -0.3 is 15.6 Å². The number of carbonyl (C=O) groups excluding carboxylic acids is 1. The number of halogens is 2. The van der Waals surface area contributed by atoms with Crippen molar-refractivity contribution >= 4 is 34.1 Å². The summed E-state index contributed by atoms with van der Waals surface area (Å²) < 4.78 is 28.3. The Morgan fingerprint density at radius 3 is 2.51 bits per heavy atom. The first kappa shape index (κ1) is 24.0. The van der Waals surface area contributed by atoms with Crippen LogP contribution in [0.2, 0.25) is 0 Å². The summed E-state index contributed by atoms with van der Waals surface area (Å²) in [7, 11) is 0. The van der Waals surface area contributed by atoms with Gasteiger partial charge in [0.1, 0.15) is 29.4 Å². The monoisotopic (exact) mass is 499 g/mol. The molecule has 0 bridgehead atoms. The molecule has 8 nitrogen and oxygen atoms in total. The highest BCUT2D eigenvalue weighted by atomic mass is 19.1. The van der Waals surface area contributed by atoms with Crippen LogP contribution in [0.4, 0.5) is 26.1 Å². The fraction of sp³-hybridized carbons (Fsp3) is 0.148. The van der Waals surface area contributed by atoms with E-state index in [4.69, 9.17) is 0 Å². The molecule has 0 saturated heterocycles. The molecule has 5 aromatic rings. The molecular formula is C27H23F2N7O. The van der Waals surface area contributed by atoms with E-state index in [1.165, 1.54) is 36.8 Å². The van der Waals surface area contributed by atoms with Gasteiger partial charge >= 0.3 is 0 Å². The molecule has 10 heteroatoms. The average molecular weight is 500 g/mol. The number of aryl methyl sites for hydroxylation is 1. The number of ketones is 1. The minimum atomic E-state index is -0.909. The van der Waals surface area contributed by atoms with Crippen molar-refractivity contribution in [2.24, 2.45) is 0 Å². The molecule has 4 heterocycles. The van der Waals surface area contributed by atoms with E-state index in [1.54, 1.807) is 18.3 Å². The van der Waals surface area contributed by atoms with Crippen molar-refractivity contribution < 1.29 is 13.6 Å². The van der Waals surface area contributed by atoms with E-state index >= 15 is 4.39 Å². The molecule has 1 aromatic carbocycles. The van der Waals surface area contributed by atoms with Crippen LogP contribution in [0.15, 0.2) is 67.3 Å². The maximum absolute atomic E-state index is 15.0. The first-order chi connectivity index (χ1) is 17.9. The predicted molar refractivity (Wildman–Crippen MR) is 137 cm³/mol. The van der Waals surface area contributed by atoms with E-state index in [0.29, 0.717) is 22.5 Å². The van der Waals surface area contributed by atoms with Gasteiger partial charge in [0.15, 0.2) is 5.78 Å². The fourth-order valence-electron chi connectivity index (χ4n) is 3.97. The topological polar surface area (TPSA) is 108 Å². The van der Waals surface area contributed by atoms with Crippen LogP contribution in [-0.4, -0.2) is 30.7 Å². The first-order valence-corrected chi connectivity index (χ1v) is 11.7. The van der Waals surface area contributed by atoms with Crippen molar-refractivity contribution in [2.75, 3.05) is 10.6 Å². The number of hydrogen-bond acceptors (Lipinski definition) is 7. The lowest BCUT2D eigenvalue weighted by molar-refractivity contribution is 0.103. The molecule has 0 aliphatic carbocycles. The average Bonchev–Trinajstić information content (AvgIpc) is 3.34. The molecule has 0 amide bonds. The number of anilines is 3. The van der Waals surface area contributed by atoms with Crippen molar-refractivity contribution in [3.8, 4) is 0 Å². The zero-order chi connectivity index (χ0) is 25.9. The highest BCUT2D eigenvalue weighted by Gasteiger charge is 2.23. The highest BCUT2D eigenvalue weighted by Crippen LogP contribution is 2.29. The number of hydrogen-bond donors (Lipinski definition) is 3. The smallest absolute Gasteiger partial charge is 0.226 e. The number of H-pyrrole nitrogens is 1. The maximum Gasteiger partial charge on any atom is 0.226 e. The zero-order valence-electron chi connectivity index (χ0n) is 20.1. The molecule has 0 aliphatic heterocycles. The van der Waals surface area contributed by atoms with Crippen molar-refractivity contribution in [1.29, 1.82) is 0 Å². The molecule has 4 aromatic heterocycles. The number of nitrogens with zero attached hydrogens (tertiary/aromatic N) is 4. The van der Waals surface area contributed by atoms with Gasteiger partial charge in [0.25, 0.3) is 0 Å². The number of aromatic amines is 1. The Labute approximate surface area is 211 Å². The summed E-state index contributed by atoms with van der Waals surface area (Å²) in [5, 5.41) is 6.65. The van der Waals surface area contributed by atoms with Crippen molar-refractivity contribution in [2.45, 2.75) is 26.3 Å². The summed E-state index contributed by atoms with van der Waals surface area (Å²) in [6.07, 6.45) is 5.29. The maximum atomic E-state index is 15.0. The summed E-state index contributed by atoms with van der Waals surface area (Å²) in [5.74, 6) is -1.17. The van der Waals surface area contributed by atoms with Crippen LogP contribution in [0.25, 0.3) is 11.0 Å². The van der Waals surface area contributed by atoms with E-state index in [1.807, 2.05) is 26.0 Å². The third kappa shape index (κ3) is 4.99. The Morgan fingerprint density at radius 1 is 1.00 bits per heavy atom. The second-order valence-electron chi connectivity index (χ2n) is 8.45. The lowest BCUT2D eigenvalue weighted by Gasteiger charge is -2.16. The Kier molecular flexibility index (Phi) is 6.55. The van der Waals surface area contributed by atoms with Gasteiger partial charge in [-0.25, -0.2) is 19.3 Å². The summed E-state index contributed by atoms with van der Waals surface area (Å²) in [6.45, 7) is 3.89. The molecule has 1 atom stereocenters. The van der Waals surface area contributed by atoms with Gasteiger partial charge in [0, 0.05) is 17.9 Å². The standard InChI is InChI=1S/C27H23F2N7O/c1-3-18-8-9-19(12-30-18)35-22-11-10-20(25(29)36-22)24(37)21-13-31-26-23(21)27(33-14-32-26)34-15(2)16-4-6-17(28)7-5-16/h4-15H,3H2,1-2H3,(H,35,36)(H2,31,32,33,34)/t15-/m1/s1. The molecule has 0 radical (unpaired) electrons. The minimum Gasteiger partial charge on any atom is -0.363 e. The van der Waals surface area contributed by atoms with Gasteiger partial charge in [-0.1, -0.05) is 19.1 Å². The zero-order valence-corrected chi connectivity index (χ0v) is 20.1. The van der Waals surface area contributed by atoms with Crippen LogP contribution >= 0.6 is 0 Å². The van der Waals surface area contributed by atoms with Gasteiger partial charge in [-0.15, -0.1) is 0 Å². The second-order valence-corrected chi connectivity index (χ2v) is 8.45. The number of aromatic nitrogens is 5. The lowest BCUT2D eigenvalue weighted by Crippen LogP contribution is -2.11. The van der Waals surface area contributed by atoms with Crippen LogP contribution in [-0.2, 0) is 6.42 Å². The molecular weight excluding hydrogens is 476 g/mol. The van der Waals surface area contributed by atoms with E-state index in [-0.39, 0.29) is 28.8 Å². The predicted octanol–water partition coefficient (Wildman–Crippen LogP) is 5.74. The highest BCUT2D eigenvalue weighted by molar-refractivity contribution is 6.18. The Bertz CT molecular complexity index is 1570. The lowest BCUT2D eigenvalue weighted by atomic mass is 10.0. The molecule has 0 spiro atoms. The van der Waals surface area contributed by atoms with E-state index in [2.05, 4.69) is 35.6 Å². The van der Waals surface area contributed by atoms with Gasteiger partial charge in [-0.05, 0) is 55.3 Å². The summed E-state index contributed by atoms with van der Waals surface area (Å²) >= 11 is 0.